The molecule has 0 saturated carbocycles. The molecular weight excluding hydrogens is 244 g/mol. The van der Waals surface area contributed by atoms with Gasteiger partial charge in [0.05, 0.1) is 14.2 Å². The van der Waals surface area contributed by atoms with Crippen LogP contribution in [0.5, 0.6) is 11.5 Å². The second-order valence-corrected chi connectivity index (χ2v) is 4.33. The molecule has 1 unspecified atom stereocenters. The van der Waals surface area contributed by atoms with Crippen LogP contribution in [-0.4, -0.2) is 26.2 Å². The molecule has 0 fully saturated rings. The topological polar surface area (TPSA) is 73.6 Å². The fraction of sp³-hybridized carbons (Fsp3) is 0.500. The standard InChI is InChI=1S/C14H22N2O3/c1-4-11(15)8-14(17)16-9-10-7-12(18-2)5-6-13(10)19-3/h5-7,11H,4,8-9,15H2,1-3H3,(H,16,17). The van der Waals surface area contributed by atoms with Gasteiger partial charge < -0.3 is 20.5 Å². The first-order valence-electron chi connectivity index (χ1n) is 6.33. The van der Waals surface area contributed by atoms with Crippen LogP contribution in [0.4, 0.5) is 0 Å². The molecule has 0 heterocycles. The summed E-state index contributed by atoms with van der Waals surface area (Å²) in [6, 6.07) is 5.39. The third-order valence-electron chi connectivity index (χ3n) is 2.94. The van der Waals surface area contributed by atoms with Gasteiger partial charge in [-0.3, -0.25) is 4.79 Å². The van der Waals surface area contributed by atoms with Crippen molar-refractivity contribution in [3.8, 4) is 11.5 Å². The minimum absolute atomic E-state index is 0.0563. The Morgan fingerprint density at radius 1 is 1.37 bits per heavy atom. The highest BCUT2D eigenvalue weighted by molar-refractivity contribution is 5.76. The first-order chi connectivity index (χ1) is 9.10. The smallest absolute Gasteiger partial charge is 0.221 e. The van der Waals surface area contributed by atoms with Gasteiger partial charge in [-0.15, -0.1) is 0 Å². The van der Waals surface area contributed by atoms with Crippen LogP contribution < -0.4 is 20.5 Å². The lowest BCUT2D eigenvalue weighted by Gasteiger charge is -2.12. The summed E-state index contributed by atoms with van der Waals surface area (Å²) in [5.41, 5.74) is 6.61. The fourth-order valence-corrected chi connectivity index (χ4v) is 1.67. The highest BCUT2D eigenvalue weighted by Gasteiger charge is 2.09. The largest absolute Gasteiger partial charge is 0.497 e. The second kappa shape index (κ2) is 7.63. The molecule has 1 rings (SSSR count). The van der Waals surface area contributed by atoms with Crippen molar-refractivity contribution in [1.29, 1.82) is 0 Å². The summed E-state index contributed by atoms with van der Waals surface area (Å²) >= 11 is 0. The molecule has 0 aliphatic rings. The SMILES string of the molecule is CCC(N)CC(=O)NCc1cc(OC)ccc1OC. The lowest BCUT2D eigenvalue weighted by Crippen LogP contribution is -2.31. The number of benzene rings is 1. The number of rotatable bonds is 7. The number of nitrogens with two attached hydrogens (primary N) is 1. The van der Waals surface area contributed by atoms with E-state index in [1.54, 1.807) is 14.2 Å². The fourth-order valence-electron chi connectivity index (χ4n) is 1.67. The first-order valence-corrected chi connectivity index (χ1v) is 6.33. The lowest BCUT2D eigenvalue weighted by atomic mass is 10.1. The third kappa shape index (κ3) is 4.79. The Labute approximate surface area is 114 Å². The van der Waals surface area contributed by atoms with E-state index in [4.69, 9.17) is 15.2 Å². The number of hydrogen-bond donors (Lipinski definition) is 2. The van der Waals surface area contributed by atoms with E-state index in [9.17, 15) is 4.79 Å². The summed E-state index contributed by atoms with van der Waals surface area (Å²) in [6.45, 7) is 2.36. The van der Waals surface area contributed by atoms with E-state index in [1.807, 2.05) is 25.1 Å². The molecule has 5 heteroatoms. The minimum atomic E-state index is -0.0906. The van der Waals surface area contributed by atoms with E-state index in [-0.39, 0.29) is 11.9 Å². The van der Waals surface area contributed by atoms with Crippen LogP contribution in [0.25, 0.3) is 0 Å². The summed E-state index contributed by atoms with van der Waals surface area (Å²) in [5.74, 6) is 1.40. The number of nitrogens with one attached hydrogen (secondary N) is 1. The van der Waals surface area contributed by atoms with Gasteiger partial charge in [-0.05, 0) is 24.6 Å². The van der Waals surface area contributed by atoms with E-state index in [2.05, 4.69) is 5.32 Å². The number of ether oxygens (including phenoxy) is 2. The van der Waals surface area contributed by atoms with Crippen molar-refractivity contribution in [3.63, 3.8) is 0 Å². The number of carbonyl (C=O) groups is 1. The molecular formula is C14H22N2O3. The van der Waals surface area contributed by atoms with E-state index < -0.39 is 0 Å². The molecule has 1 aromatic rings. The van der Waals surface area contributed by atoms with E-state index in [0.717, 1.165) is 23.5 Å². The summed E-state index contributed by atoms with van der Waals surface area (Å²) < 4.78 is 10.4. The Morgan fingerprint density at radius 3 is 2.68 bits per heavy atom. The molecule has 5 nitrogen and oxygen atoms in total. The maximum atomic E-state index is 11.7. The Hall–Kier alpha value is -1.75. The Morgan fingerprint density at radius 2 is 2.11 bits per heavy atom. The van der Waals surface area contributed by atoms with Crippen molar-refractivity contribution in [2.24, 2.45) is 5.73 Å². The number of hydrogen-bond acceptors (Lipinski definition) is 4. The van der Waals surface area contributed by atoms with Crippen molar-refractivity contribution in [2.45, 2.75) is 32.4 Å². The molecule has 0 spiro atoms. The van der Waals surface area contributed by atoms with Crippen LogP contribution >= 0.6 is 0 Å². The zero-order chi connectivity index (χ0) is 14.3. The zero-order valence-corrected chi connectivity index (χ0v) is 11.7. The second-order valence-electron chi connectivity index (χ2n) is 4.33. The van der Waals surface area contributed by atoms with E-state index in [0.29, 0.717) is 13.0 Å². The molecule has 0 saturated heterocycles. The summed E-state index contributed by atoms with van der Waals surface area (Å²) in [7, 11) is 3.20. The van der Waals surface area contributed by atoms with Crippen LogP contribution in [-0.2, 0) is 11.3 Å². The van der Waals surface area contributed by atoms with Gasteiger partial charge >= 0.3 is 0 Å². The highest BCUT2D eigenvalue weighted by Crippen LogP contribution is 2.23. The van der Waals surface area contributed by atoms with Crippen LogP contribution in [0.2, 0.25) is 0 Å². The highest BCUT2D eigenvalue weighted by atomic mass is 16.5. The molecule has 0 radical (unpaired) electrons. The van der Waals surface area contributed by atoms with Crippen molar-refractivity contribution in [2.75, 3.05) is 14.2 Å². The molecule has 0 bridgehead atoms. The van der Waals surface area contributed by atoms with Crippen LogP contribution in [0, 0.1) is 0 Å². The quantitative estimate of drug-likeness (QED) is 0.783. The number of carbonyl (C=O) groups excluding carboxylic acids is 1. The molecule has 3 N–H and O–H groups in total. The van der Waals surface area contributed by atoms with Gasteiger partial charge in [0.2, 0.25) is 5.91 Å². The Balaban J connectivity index is 2.63. The first kappa shape index (κ1) is 15.3. The molecule has 19 heavy (non-hydrogen) atoms. The molecule has 0 aliphatic heterocycles. The monoisotopic (exact) mass is 266 g/mol. The number of methoxy groups -OCH3 is 2. The zero-order valence-electron chi connectivity index (χ0n) is 11.7. The van der Waals surface area contributed by atoms with Crippen molar-refractivity contribution >= 4 is 5.91 Å². The minimum Gasteiger partial charge on any atom is -0.497 e. The average Bonchev–Trinajstić information content (AvgIpc) is 2.44. The van der Waals surface area contributed by atoms with E-state index >= 15 is 0 Å². The van der Waals surface area contributed by atoms with Crippen molar-refractivity contribution < 1.29 is 14.3 Å². The van der Waals surface area contributed by atoms with Crippen LogP contribution in [0.3, 0.4) is 0 Å². The normalized spacial score (nSPS) is 11.8. The molecule has 0 aromatic heterocycles. The maximum absolute atomic E-state index is 11.7. The Kier molecular flexibility index (Phi) is 6.15. The summed E-state index contributed by atoms with van der Waals surface area (Å²) in [6.07, 6.45) is 1.12. The maximum Gasteiger partial charge on any atom is 0.221 e. The van der Waals surface area contributed by atoms with Crippen LogP contribution in [0.15, 0.2) is 18.2 Å². The van der Waals surface area contributed by atoms with Crippen molar-refractivity contribution in [1.82, 2.24) is 5.32 Å². The van der Waals surface area contributed by atoms with Gasteiger partial charge in [-0.2, -0.15) is 0 Å². The molecule has 106 valence electrons. The molecule has 1 amide bonds. The number of amides is 1. The van der Waals surface area contributed by atoms with Gasteiger partial charge in [0, 0.05) is 24.6 Å². The predicted octanol–water partition coefficient (Wildman–Crippen LogP) is 1.45. The van der Waals surface area contributed by atoms with Gasteiger partial charge in [0.15, 0.2) is 0 Å². The van der Waals surface area contributed by atoms with Gasteiger partial charge in [-0.25, -0.2) is 0 Å². The molecule has 1 atom stereocenters. The lowest BCUT2D eigenvalue weighted by molar-refractivity contribution is -0.121. The Bertz CT molecular complexity index is 421. The van der Waals surface area contributed by atoms with E-state index in [1.165, 1.54) is 0 Å². The molecule has 1 aromatic carbocycles. The van der Waals surface area contributed by atoms with Gasteiger partial charge in [0.1, 0.15) is 11.5 Å². The van der Waals surface area contributed by atoms with Crippen molar-refractivity contribution in [3.05, 3.63) is 23.8 Å². The van der Waals surface area contributed by atoms with Gasteiger partial charge in [-0.1, -0.05) is 6.92 Å². The summed E-state index contributed by atoms with van der Waals surface area (Å²) in [5, 5.41) is 2.84. The third-order valence-corrected chi connectivity index (χ3v) is 2.94. The summed E-state index contributed by atoms with van der Waals surface area (Å²) in [4.78, 5) is 11.7. The predicted molar refractivity (Wildman–Crippen MR) is 74.3 cm³/mol. The average molecular weight is 266 g/mol. The van der Waals surface area contributed by atoms with Gasteiger partial charge in [0.25, 0.3) is 0 Å². The molecule has 0 aliphatic carbocycles. The van der Waals surface area contributed by atoms with Crippen LogP contribution in [0.1, 0.15) is 25.3 Å².